The maximum atomic E-state index is 13.1. The molecule has 3 rings (SSSR count). The van der Waals surface area contributed by atoms with Gasteiger partial charge in [-0.25, -0.2) is 13.6 Å². The topological polar surface area (TPSA) is 86.5 Å². The number of alkyl halides is 3. The van der Waals surface area contributed by atoms with Crippen molar-refractivity contribution in [2.75, 3.05) is 0 Å². The van der Waals surface area contributed by atoms with Crippen molar-refractivity contribution in [3.63, 3.8) is 0 Å². The lowest BCUT2D eigenvalue weighted by Crippen LogP contribution is -2.29. The third-order valence-electron chi connectivity index (χ3n) is 4.34. The summed E-state index contributed by atoms with van der Waals surface area (Å²) in [6, 6.07) is 8.38. The zero-order chi connectivity index (χ0) is 21.8. The van der Waals surface area contributed by atoms with E-state index in [1.165, 1.54) is 44.2 Å². The van der Waals surface area contributed by atoms with E-state index < -0.39 is 33.1 Å². The van der Waals surface area contributed by atoms with Crippen molar-refractivity contribution in [2.45, 2.75) is 30.5 Å². The molecular weight excluding hydrogens is 475 g/mol. The lowest BCUT2D eigenvalue weighted by molar-refractivity contribution is -0.137. The molecule has 10 heteroatoms. The zero-order valence-electron chi connectivity index (χ0n) is 15.2. The van der Waals surface area contributed by atoms with Gasteiger partial charge in [0.1, 0.15) is 5.76 Å². The molecule has 0 unspecified atom stereocenters. The molecule has 2 N–H and O–H groups in total. The standard InChI is InChI=1S/C19H15BrF3NO4S/c1-18(2)17(25)15(10-4-3-5-12(8-10)19(21,22)23)16(28-18)11-6-7-14(13(20)9-11)29(24,26)27/h3-9H,1-2H3,(H2,24,26,27). The summed E-state index contributed by atoms with van der Waals surface area (Å²) in [6.07, 6.45) is -4.57. The van der Waals surface area contributed by atoms with Gasteiger partial charge >= 0.3 is 6.18 Å². The van der Waals surface area contributed by atoms with E-state index in [1.807, 2.05) is 0 Å². The highest BCUT2D eigenvalue weighted by Gasteiger charge is 2.43. The summed E-state index contributed by atoms with van der Waals surface area (Å²) < 4.78 is 68.5. The average Bonchev–Trinajstić information content (AvgIpc) is 2.83. The predicted molar refractivity (Wildman–Crippen MR) is 104 cm³/mol. The molecule has 0 aliphatic carbocycles. The van der Waals surface area contributed by atoms with E-state index in [2.05, 4.69) is 15.9 Å². The molecule has 0 saturated carbocycles. The van der Waals surface area contributed by atoms with Gasteiger partial charge in [-0.15, -0.1) is 0 Å². The molecule has 1 heterocycles. The van der Waals surface area contributed by atoms with Gasteiger partial charge in [-0.2, -0.15) is 13.2 Å². The van der Waals surface area contributed by atoms with Crippen molar-refractivity contribution in [3.05, 3.63) is 63.6 Å². The molecule has 0 spiro atoms. The third kappa shape index (κ3) is 4.10. The van der Waals surface area contributed by atoms with Crippen LogP contribution < -0.4 is 5.14 Å². The summed E-state index contributed by atoms with van der Waals surface area (Å²) in [6.45, 7) is 3.01. The minimum absolute atomic E-state index is 0.0173. The Morgan fingerprint density at radius 3 is 2.28 bits per heavy atom. The normalized spacial score (nSPS) is 16.9. The fraction of sp³-hybridized carbons (Fsp3) is 0.211. The van der Waals surface area contributed by atoms with Crippen LogP contribution in [0, 0.1) is 0 Å². The van der Waals surface area contributed by atoms with Gasteiger partial charge in [0, 0.05) is 10.0 Å². The van der Waals surface area contributed by atoms with Crippen LogP contribution in [0.1, 0.15) is 30.5 Å². The van der Waals surface area contributed by atoms with Gasteiger partial charge in [-0.3, -0.25) is 4.79 Å². The quantitative estimate of drug-likeness (QED) is 0.693. The number of carbonyl (C=O) groups excluding carboxylic acids is 1. The van der Waals surface area contributed by atoms with Crippen LogP contribution in [-0.2, 0) is 25.7 Å². The Kier molecular flexibility index (Phi) is 5.17. The number of carbonyl (C=O) groups is 1. The fourth-order valence-corrected chi connectivity index (χ4v) is 4.59. The highest BCUT2D eigenvalue weighted by molar-refractivity contribution is 9.10. The number of ether oxygens (including phenoxy) is 1. The second kappa shape index (κ2) is 6.96. The van der Waals surface area contributed by atoms with Crippen LogP contribution in [0.15, 0.2) is 51.8 Å². The molecule has 2 aromatic rings. The van der Waals surface area contributed by atoms with E-state index in [-0.39, 0.29) is 26.3 Å². The van der Waals surface area contributed by atoms with Crippen molar-refractivity contribution >= 4 is 43.1 Å². The van der Waals surface area contributed by atoms with E-state index >= 15 is 0 Å². The maximum absolute atomic E-state index is 13.1. The number of Topliss-reactive ketones (excluding diaryl/α,β-unsaturated/α-hetero) is 1. The molecule has 5 nitrogen and oxygen atoms in total. The van der Waals surface area contributed by atoms with Crippen LogP contribution in [0.2, 0.25) is 0 Å². The van der Waals surface area contributed by atoms with Crippen molar-refractivity contribution < 1.29 is 31.1 Å². The predicted octanol–water partition coefficient (Wildman–Crippen LogP) is 4.36. The number of hydrogen-bond donors (Lipinski definition) is 1. The van der Waals surface area contributed by atoms with Crippen molar-refractivity contribution in [1.29, 1.82) is 0 Å². The monoisotopic (exact) mass is 489 g/mol. The molecule has 0 amide bonds. The molecule has 0 aromatic heterocycles. The lowest BCUT2D eigenvalue weighted by atomic mass is 9.92. The van der Waals surface area contributed by atoms with E-state index in [0.717, 1.165) is 12.1 Å². The maximum Gasteiger partial charge on any atom is 0.416 e. The summed E-state index contributed by atoms with van der Waals surface area (Å²) in [5.74, 6) is -0.431. The second-order valence-corrected chi connectivity index (χ2v) is 9.30. The van der Waals surface area contributed by atoms with E-state index in [4.69, 9.17) is 9.88 Å². The number of primary sulfonamides is 1. The first kappa shape index (κ1) is 21.5. The molecular formula is C19H15BrF3NO4S. The molecule has 1 aliphatic rings. The highest BCUT2D eigenvalue weighted by atomic mass is 79.9. The molecule has 0 fully saturated rings. The molecule has 0 atom stereocenters. The largest absolute Gasteiger partial charge is 0.478 e. The van der Waals surface area contributed by atoms with Crippen molar-refractivity contribution in [3.8, 4) is 0 Å². The van der Waals surface area contributed by atoms with Gasteiger partial charge in [-0.1, -0.05) is 12.1 Å². The van der Waals surface area contributed by atoms with Gasteiger partial charge in [0.05, 0.1) is 16.0 Å². The van der Waals surface area contributed by atoms with Gasteiger partial charge in [0.2, 0.25) is 15.8 Å². The number of ketones is 1. The number of benzene rings is 2. The summed E-state index contributed by atoms with van der Waals surface area (Å²) in [5.41, 5.74) is -1.85. The summed E-state index contributed by atoms with van der Waals surface area (Å²) in [5, 5.41) is 5.14. The number of sulfonamides is 1. The third-order valence-corrected chi connectivity index (χ3v) is 6.22. The first-order valence-corrected chi connectivity index (χ1v) is 10.5. The molecule has 0 saturated heterocycles. The molecule has 1 aliphatic heterocycles. The van der Waals surface area contributed by atoms with Crippen LogP contribution >= 0.6 is 15.9 Å². The van der Waals surface area contributed by atoms with Crippen molar-refractivity contribution in [2.24, 2.45) is 5.14 Å². The Morgan fingerprint density at radius 2 is 1.72 bits per heavy atom. The minimum Gasteiger partial charge on any atom is -0.478 e. The highest BCUT2D eigenvalue weighted by Crippen LogP contribution is 2.43. The van der Waals surface area contributed by atoms with Crippen molar-refractivity contribution in [1.82, 2.24) is 0 Å². The SMILES string of the molecule is CC1(C)OC(c2ccc(S(N)(=O)=O)c(Br)c2)=C(c2cccc(C(F)(F)F)c2)C1=O. The molecule has 154 valence electrons. The van der Waals surface area contributed by atoms with Gasteiger partial charge in [0.25, 0.3) is 0 Å². The van der Waals surface area contributed by atoms with Crippen LogP contribution in [0.5, 0.6) is 0 Å². The lowest BCUT2D eigenvalue weighted by Gasteiger charge is -2.18. The average molecular weight is 490 g/mol. The van der Waals surface area contributed by atoms with Gasteiger partial charge in [0.15, 0.2) is 5.60 Å². The van der Waals surface area contributed by atoms with Gasteiger partial charge < -0.3 is 4.74 Å². The Bertz CT molecular complexity index is 1150. The first-order chi connectivity index (χ1) is 13.2. The summed E-state index contributed by atoms with van der Waals surface area (Å²) in [4.78, 5) is 12.7. The van der Waals surface area contributed by atoms with E-state index in [9.17, 15) is 26.4 Å². The molecule has 0 bridgehead atoms. The Balaban J connectivity index is 2.23. The Morgan fingerprint density at radius 1 is 1.07 bits per heavy atom. The van der Waals surface area contributed by atoms with Gasteiger partial charge in [-0.05, 0) is 65.7 Å². The zero-order valence-corrected chi connectivity index (χ0v) is 17.6. The molecule has 2 aromatic carbocycles. The Labute approximate surface area is 173 Å². The fourth-order valence-electron chi connectivity index (χ4n) is 2.95. The van der Waals surface area contributed by atoms with Crippen LogP contribution in [0.4, 0.5) is 13.2 Å². The number of nitrogens with two attached hydrogens (primary N) is 1. The second-order valence-electron chi connectivity index (χ2n) is 6.91. The molecule has 0 radical (unpaired) electrons. The number of halogens is 4. The summed E-state index contributed by atoms with van der Waals surface area (Å²) in [7, 11) is -3.99. The summed E-state index contributed by atoms with van der Waals surface area (Å²) >= 11 is 3.12. The minimum atomic E-state index is -4.57. The van der Waals surface area contributed by atoms with Crippen LogP contribution in [-0.4, -0.2) is 19.8 Å². The van der Waals surface area contributed by atoms with E-state index in [1.54, 1.807) is 0 Å². The number of hydrogen-bond acceptors (Lipinski definition) is 4. The van der Waals surface area contributed by atoms with Crippen LogP contribution in [0.3, 0.4) is 0 Å². The van der Waals surface area contributed by atoms with Crippen LogP contribution in [0.25, 0.3) is 11.3 Å². The molecule has 29 heavy (non-hydrogen) atoms. The smallest absolute Gasteiger partial charge is 0.416 e. The number of rotatable bonds is 3. The first-order valence-electron chi connectivity index (χ1n) is 8.20. The van der Waals surface area contributed by atoms with E-state index in [0.29, 0.717) is 5.56 Å². The Hall–Kier alpha value is -2.17.